The van der Waals surface area contributed by atoms with Crippen LogP contribution >= 0.6 is 22.9 Å². The zero-order valence-corrected chi connectivity index (χ0v) is 17.8. The lowest BCUT2D eigenvalue weighted by Gasteiger charge is -2.13. The Labute approximate surface area is 183 Å². The number of thiophene rings is 1. The highest BCUT2D eigenvalue weighted by atomic mass is 35.5. The average Bonchev–Trinajstić information content (AvgIpc) is 3.39. The van der Waals surface area contributed by atoms with Crippen LogP contribution in [-0.2, 0) is 24.2 Å². The number of rotatable bonds is 6. The molecule has 5 nitrogen and oxygen atoms in total. The van der Waals surface area contributed by atoms with Crippen LogP contribution < -0.4 is 10.6 Å². The first kappa shape index (κ1) is 20.4. The minimum Gasteiger partial charge on any atom is -0.467 e. The Hall–Kier alpha value is -2.83. The van der Waals surface area contributed by atoms with Crippen LogP contribution in [0.5, 0.6) is 0 Å². The van der Waals surface area contributed by atoms with Crippen LogP contribution in [0.25, 0.3) is 6.08 Å². The fraction of sp³-hybridized carbons (Fsp3) is 0.217. The van der Waals surface area contributed by atoms with Crippen molar-refractivity contribution in [1.29, 1.82) is 0 Å². The first-order chi connectivity index (χ1) is 14.6. The summed E-state index contributed by atoms with van der Waals surface area (Å²) >= 11 is 7.63. The lowest BCUT2D eigenvalue weighted by Crippen LogP contribution is -2.25. The summed E-state index contributed by atoms with van der Waals surface area (Å²) in [6, 6.07) is 10.9. The molecule has 0 atom stereocenters. The molecule has 3 aromatic rings. The summed E-state index contributed by atoms with van der Waals surface area (Å²) in [4.78, 5) is 26.7. The molecule has 0 bridgehead atoms. The van der Waals surface area contributed by atoms with Gasteiger partial charge < -0.3 is 15.1 Å². The van der Waals surface area contributed by atoms with Gasteiger partial charge in [0, 0.05) is 16.0 Å². The zero-order chi connectivity index (χ0) is 20.9. The summed E-state index contributed by atoms with van der Waals surface area (Å²) in [5.74, 6) is 0.186. The van der Waals surface area contributed by atoms with Gasteiger partial charge in [0.2, 0.25) is 5.91 Å². The molecule has 30 heavy (non-hydrogen) atoms. The van der Waals surface area contributed by atoms with Gasteiger partial charge in [-0.05, 0) is 61.1 Å². The highest BCUT2D eigenvalue weighted by Crippen LogP contribution is 2.38. The number of hydrogen-bond acceptors (Lipinski definition) is 4. The van der Waals surface area contributed by atoms with Crippen molar-refractivity contribution in [3.8, 4) is 0 Å². The van der Waals surface area contributed by atoms with Crippen molar-refractivity contribution >= 4 is 45.8 Å². The zero-order valence-electron chi connectivity index (χ0n) is 16.2. The van der Waals surface area contributed by atoms with E-state index < -0.39 is 0 Å². The van der Waals surface area contributed by atoms with E-state index in [0.29, 0.717) is 27.9 Å². The molecule has 2 N–H and O–H groups in total. The molecule has 2 heterocycles. The van der Waals surface area contributed by atoms with E-state index in [0.717, 1.165) is 36.8 Å². The number of amides is 2. The number of nitrogens with one attached hydrogen (secondary N) is 2. The fourth-order valence-electron chi connectivity index (χ4n) is 3.49. The number of carbonyl (C=O) groups excluding carboxylic acids is 2. The van der Waals surface area contributed by atoms with E-state index in [1.807, 2.05) is 24.3 Å². The smallest absolute Gasteiger partial charge is 0.254 e. The average molecular weight is 441 g/mol. The molecule has 7 heteroatoms. The van der Waals surface area contributed by atoms with Crippen LogP contribution in [0, 0.1) is 0 Å². The molecule has 0 spiro atoms. The summed E-state index contributed by atoms with van der Waals surface area (Å²) < 4.78 is 5.29. The Morgan fingerprint density at radius 2 is 1.97 bits per heavy atom. The Kier molecular flexibility index (Phi) is 6.35. The molecule has 4 rings (SSSR count). The Morgan fingerprint density at radius 3 is 2.77 bits per heavy atom. The molecular formula is C23H21ClN2O3S. The predicted molar refractivity (Wildman–Crippen MR) is 120 cm³/mol. The van der Waals surface area contributed by atoms with E-state index in [2.05, 4.69) is 10.6 Å². The molecule has 1 aromatic carbocycles. The van der Waals surface area contributed by atoms with E-state index in [9.17, 15) is 9.59 Å². The van der Waals surface area contributed by atoms with Crippen molar-refractivity contribution in [3.05, 3.63) is 81.1 Å². The molecule has 1 aliphatic carbocycles. The Morgan fingerprint density at radius 1 is 1.13 bits per heavy atom. The third-order valence-electron chi connectivity index (χ3n) is 4.96. The van der Waals surface area contributed by atoms with E-state index >= 15 is 0 Å². The summed E-state index contributed by atoms with van der Waals surface area (Å²) in [7, 11) is 0. The van der Waals surface area contributed by atoms with Gasteiger partial charge in [0.15, 0.2) is 0 Å². The molecule has 2 aromatic heterocycles. The van der Waals surface area contributed by atoms with Crippen molar-refractivity contribution < 1.29 is 14.0 Å². The molecule has 0 fully saturated rings. The molecule has 0 aliphatic heterocycles. The van der Waals surface area contributed by atoms with Crippen molar-refractivity contribution in [2.75, 3.05) is 5.32 Å². The molecule has 0 unspecified atom stereocenters. The van der Waals surface area contributed by atoms with Gasteiger partial charge in [0.25, 0.3) is 5.91 Å². The van der Waals surface area contributed by atoms with Gasteiger partial charge in [-0.25, -0.2) is 0 Å². The highest BCUT2D eigenvalue weighted by molar-refractivity contribution is 7.17. The van der Waals surface area contributed by atoms with Gasteiger partial charge in [-0.1, -0.05) is 29.8 Å². The summed E-state index contributed by atoms with van der Waals surface area (Å²) in [6.45, 7) is 0.302. The second-order valence-corrected chi connectivity index (χ2v) is 8.53. The first-order valence-electron chi connectivity index (χ1n) is 9.80. The first-order valence-corrected chi connectivity index (χ1v) is 11.0. The Balaban J connectivity index is 1.53. The Bertz CT molecular complexity index is 1090. The van der Waals surface area contributed by atoms with Crippen molar-refractivity contribution in [2.45, 2.75) is 32.2 Å². The van der Waals surface area contributed by atoms with E-state index in [4.69, 9.17) is 16.0 Å². The maximum absolute atomic E-state index is 13.0. The summed E-state index contributed by atoms with van der Waals surface area (Å²) in [5.41, 5.74) is 2.38. The van der Waals surface area contributed by atoms with Crippen molar-refractivity contribution in [2.24, 2.45) is 0 Å². The maximum Gasteiger partial charge on any atom is 0.254 e. The van der Waals surface area contributed by atoms with Gasteiger partial charge in [-0.15, -0.1) is 11.3 Å². The van der Waals surface area contributed by atoms with E-state index in [-0.39, 0.29) is 11.8 Å². The van der Waals surface area contributed by atoms with Crippen LogP contribution in [0.4, 0.5) is 5.00 Å². The van der Waals surface area contributed by atoms with E-state index in [1.54, 1.807) is 24.5 Å². The SMILES string of the molecule is O=C(C=Cc1ccccc1Cl)Nc1sc2c(c1C(=O)NCc1ccco1)CCCC2. The molecule has 0 radical (unpaired) electrons. The van der Waals surface area contributed by atoms with Gasteiger partial charge in [0.05, 0.1) is 18.4 Å². The number of furan rings is 1. The largest absolute Gasteiger partial charge is 0.467 e. The third kappa shape index (κ3) is 4.66. The number of hydrogen-bond donors (Lipinski definition) is 2. The lowest BCUT2D eigenvalue weighted by molar-refractivity contribution is -0.111. The lowest BCUT2D eigenvalue weighted by atomic mass is 9.95. The molecule has 2 amide bonds. The molecule has 0 saturated carbocycles. The normalized spacial score (nSPS) is 13.2. The van der Waals surface area contributed by atoms with Crippen LogP contribution in [0.1, 0.15) is 45.0 Å². The number of fused-ring (bicyclic) bond motifs is 1. The van der Waals surface area contributed by atoms with Crippen molar-refractivity contribution in [1.82, 2.24) is 5.32 Å². The predicted octanol–water partition coefficient (Wildman–Crippen LogP) is 5.46. The molecule has 154 valence electrons. The van der Waals surface area contributed by atoms with Gasteiger partial charge in [0.1, 0.15) is 10.8 Å². The third-order valence-corrected chi connectivity index (χ3v) is 6.51. The maximum atomic E-state index is 13.0. The van der Waals surface area contributed by atoms with Gasteiger partial charge >= 0.3 is 0 Å². The van der Waals surface area contributed by atoms with Crippen LogP contribution in [0.2, 0.25) is 5.02 Å². The topological polar surface area (TPSA) is 71.3 Å². The second kappa shape index (κ2) is 9.32. The number of aryl methyl sites for hydroxylation is 1. The summed E-state index contributed by atoms with van der Waals surface area (Å²) in [5, 5.41) is 6.97. The van der Waals surface area contributed by atoms with Gasteiger partial charge in [-0.3, -0.25) is 9.59 Å². The number of anilines is 1. The van der Waals surface area contributed by atoms with Crippen LogP contribution in [-0.4, -0.2) is 11.8 Å². The number of halogens is 1. The molecule has 1 aliphatic rings. The second-order valence-electron chi connectivity index (χ2n) is 7.02. The minimum absolute atomic E-state index is 0.198. The monoisotopic (exact) mass is 440 g/mol. The fourth-order valence-corrected chi connectivity index (χ4v) is 4.98. The van der Waals surface area contributed by atoms with Crippen LogP contribution in [0.3, 0.4) is 0 Å². The van der Waals surface area contributed by atoms with Crippen LogP contribution in [0.15, 0.2) is 53.2 Å². The standard InChI is InChI=1S/C23H21ClN2O3S/c24-18-9-3-1-6-15(18)11-12-20(27)26-23-21(17-8-2-4-10-19(17)30-23)22(28)25-14-16-7-5-13-29-16/h1,3,5-7,9,11-13H,2,4,8,10,14H2,(H,25,28)(H,26,27). The number of carbonyl (C=O) groups is 2. The molecule has 0 saturated heterocycles. The number of benzene rings is 1. The van der Waals surface area contributed by atoms with Crippen molar-refractivity contribution in [3.63, 3.8) is 0 Å². The van der Waals surface area contributed by atoms with Gasteiger partial charge in [-0.2, -0.15) is 0 Å². The minimum atomic E-state index is -0.298. The highest BCUT2D eigenvalue weighted by Gasteiger charge is 2.26. The quantitative estimate of drug-likeness (QED) is 0.500. The molecular weight excluding hydrogens is 420 g/mol. The summed E-state index contributed by atoms with van der Waals surface area (Å²) in [6.07, 6.45) is 8.60. The van der Waals surface area contributed by atoms with E-state index in [1.165, 1.54) is 22.3 Å².